The van der Waals surface area contributed by atoms with Crippen molar-refractivity contribution in [3.05, 3.63) is 53.6 Å². The van der Waals surface area contributed by atoms with E-state index in [-0.39, 0.29) is 11.4 Å². The zero-order chi connectivity index (χ0) is 15.3. The van der Waals surface area contributed by atoms with Gasteiger partial charge in [0, 0.05) is 12.7 Å². The fourth-order valence-electron chi connectivity index (χ4n) is 1.86. The molecule has 1 aromatic heterocycles. The second kappa shape index (κ2) is 6.75. The molecule has 2 rings (SSSR count). The van der Waals surface area contributed by atoms with E-state index in [2.05, 4.69) is 20.0 Å². The molecule has 0 atom stereocenters. The minimum atomic E-state index is -3.58. The van der Waals surface area contributed by atoms with Gasteiger partial charge in [0.2, 0.25) is 10.0 Å². The second-order valence-corrected chi connectivity index (χ2v) is 6.35. The number of nitrogens with one attached hydrogen (secondary N) is 2. The molecule has 21 heavy (non-hydrogen) atoms. The second-order valence-electron chi connectivity index (χ2n) is 4.61. The van der Waals surface area contributed by atoms with E-state index >= 15 is 0 Å². The van der Waals surface area contributed by atoms with Crippen LogP contribution >= 0.6 is 0 Å². The Bertz CT molecular complexity index is 699. The van der Waals surface area contributed by atoms with Crippen LogP contribution in [0.15, 0.2) is 41.6 Å². The van der Waals surface area contributed by atoms with E-state index in [0.29, 0.717) is 12.2 Å². The van der Waals surface area contributed by atoms with Crippen molar-refractivity contribution in [1.29, 1.82) is 0 Å². The van der Waals surface area contributed by atoms with Crippen molar-refractivity contribution in [2.24, 2.45) is 0 Å². The maximum absolute atomic E-state index is 12.4. The summed E-state index contributed by atoms with van der Waals surface area (Å²) < 4.78 is 27.3. The molecule has 7 heteroatoms. The molecule has 0 aliphatic rings. The molecule has 2 aromatic rings. The molecule has 0 radical (unpaired) electrons. The van der Waals surface area contributed by atoms with Crippen molar-refractivity contribution in [3.63, 3.8) is 0 Å². The molecule has 1 heterocycles. The molecule has 1 aromatic carbocycles. The Balaban J connectivity index is 2.17. The van der Waals surface area contributed by atoms with Crippen LogP contribution in [0.2, 0.25) is 0 Å². The number of hydrogen-bond acceptors (Lipinski definition) is 5. The molecular weight excluding hydrogens is 288 g/mol. The van der Waals surface area contributed by atoms with Crippen LogP contribution in [-0.2, 0) is 23.1 Å². The number of rotatable bonds is 6. The fourth-order valence-corrected chi connectivity index (χ4v) is 3.10. The summed E-state index contributed by atoms with van der Waals surface area (Å²) >= 11 is 0. The summed E-state index contributed by atoms with van der Waals surface area (Å²) in [6, 6.07) is 6.91. The van der Waals surface area contributed by atoms with Crippen LogP contribution < -0.4 is 10.0 Å². The lowest BCUT2D eigenvalue weighted by Gasteiger charge is -2.11. The lowest BCUT2D eigenvalue weighted by molar-refractivity contribution is 0.578. The van der Waals surface area contributed by atoms with Gasteiger partial charge < -0.3 is 5.32 Å². The highest BCUT2D eigenvalue weighted by Gasteiger charge is 2.17. The maximum Gasteiger partial charge on any atom is 0.241 e. The molecule has 0 saturated carbocycles. The van der Waals surface area contributed by atoms with Gasteiger partial charge in [0.1, 0.15) is 0 Å². The van der Waals surface area contributed by atoms with Crippen molar-refractivity contribution in [2.45, 2.75) is 24.9 Å². The van der Waals surface area contributed by atoms with Gasteiger partial charge in [-0.1, -0.05) is 18.2 Å². The summed E-state index contributed by atoms with van der Waals surface area (Å²) in [7, 11) is -1.80. The molecule has 0 aliphatic carbocycles. The highest BCUT2D eigenvalue weighted by Crippen LogP contribution is 2.15. The summed E-state index contributed by atoms with van der Waals surface area (Å²) in [5, 5.41) is 2.96. The Morgan fingerprint density at radius 2 is 1.86 bits per heavy atom. The third kappa shape index (κ3) is 4.07. The first-order valence-corrected chi connectivity index (χ1v) is 8.01. The SMILES string of the molecule is CNCc1ccccc1S(=O)(=O)NCc1cnc(C)cn1. The van der Waals surface area contributed by atoms with Crippen molar-refractivity contribution in [3.8, 4) is 0 Å². The first kappa shape index (κ1) is 15.6. The number of nitrogens with zero attached hydrogens (tertiary/aromatic N) is 2. The van der Waals surface area contributed by atoms with Gasteiger partial charge >= 0.3 is 0 Å². The highest BCUT2D eigenvalue weighted by molar-refractivity contribution is 7.89. The molecule has 112 valence electrons. The van der Waals surface area contributed by atoms with Gasteiger partial charge in [-0.05, 0) is 25.6 Å². The summed E-state index contributed by atoms with van der Waals surface area (Å²) in [4.78, 5) is 8.50. The van der Waals surface area contributed by atoms with Crippen LogP contribution in [0.3, 0.4) is 0 Å². The van der Waals surface area contributed by atoms with E-state index in [9.17, 15) is 8.42 Å². The van der Waals surface area contributed by atoms with Gasteiger partial charge in [-0.2, -0.15) is 0 Å². The van der Waals surface area contributed by atoms with Crippen LogP contribution in [0, 0.1) is 6.92 Å². The average molecular weight is 306 g/mol. The molecule has 2 N–H and O–H groups in total. The van der Waals surface area contributed by atoms with Crippen molar-refractivity contribution in [2.75, 3.05) is 7.05 Å². The Labute approximate surface area is 124 Å². The third-order valence-corrected chi connectivity index (χ3v) is 4.41. The zero-order valence-corrected chi connectivity index (χ0v) is 12.8. The van der Waals surface area contributed by atoms with E-state index in [1.165, 1.54) is 0 Å². The van der Waals surface area contributed by atoms with Crippen LogP contribution in [0.1, 0.15) is 17.0 Å². The summed E-state index contributed by atoms with van der Waals surface area (Å²) in [6.07, 6.45) is 3.18. The lowest BCUT2D eigenvalue weighted by Crippen LogP contribution is -2.25. The molecule has 0 bridgehead atoms. The summed E-state index contributed by atoms with van der Waals surface area (Å²) in [5.41, 5.74) is 2.10. The van der Waals surface area contributed by atoms with Crippen molar-refractivity contribution in [1.82, 2.24) is 20.0 Å². The number of hydrogen-bond donors (Lipinski definition) is 2. The van der Waals surface area contributed by atoms with Gasteiger partial charge in [-0.3, -0.25) is 9.97 Å². The first-order valence-electron chi connectivity index (χ1n) is 6.52. The van der Waals surface area contributed by atoms with E-state index in [0.717, 1.165) is 11.3 Å². The number of sulfonamides is 1. The Morgan fingerprint density at radius 1 is 1.10 bits per heavy atom. The molecule has 6 nitrogen and oxygen atoms in total. The van der Waals surface area contributed by atoms with E-state index in [1.807, 2.05) is 13.0 Å². The summed E-state index contributed by atoms with van der Waals surface area (Å²) in [5.74, 6) is 0. The zero-order valence-electron chi connectivity index (χ0n) is 12.0. The Kier molecular flexibility index (Phi) is 5.00. The van der Waals surface area contributed by atoms with Gasteiger partial charge in [0.05, 0.1) is 29.0 Å². The molecule has 0 unspecified atom stereocenters. The van der Waals surface area contributed by atoms with Crippen LogP contribution in [0.25, 0.3) is 0 Å². The van der Waals surface area contributed by atoms with Crippen LogP contribution in [0.4, 0.5) is 0 Å². The van der Waals surface area contributed by atoms with Gasteiger partial charge in [0.25, 0.3) is 0 Å². The Morgan fingerprint density at radius 3 is 2.52 bits per heavy atom. The molecule has 0 aliphatic heterocycles. The Hall–Kier alpha value is -1.83. The average Bonchev–Trinajstić information content (AvgIpc) is 2.47. The largest absolute Gasteiger partial charge is 0.316 e. The molecule has 0 amide bonds. The predicted octanol–water partition coefficient (Wildman–Crippen LogP) is 0.983. The third-order valence-electron chi connectivity index (χ3n) is 2.91. The van der Waals surface area contributed by atoms with Crippen LogP contribution in [0.5, 0.6) is 0 Å². The molecule has 0 spiro atoms. The van der Waals surface area contributed by atoms with Gasteiger partial charge in [-0.15, -0.1) is 0 Å². The molecular formula is C14H18N4O2S. The highest BCUT2D eigenvalue weighted by atomic mass is 32.2. The van der Waals surface area contributed by atoms with Gasteiger partial charge in [0.15, 0.2) is 0 Å². The molecule has 0 fully saturated rings. The predicted molar refractivity (Wildman–Crippen MR) is 80.0 cm³/mol. The van der Waals surface area contributed by atoms with Gasteiger partial charge in [-0.25, -0.2) is 13.1 Å². The van der Waals surface area contributed by atoms with Crippen molar-refractivity contribution >= 4 is 10.0 Å². The topological polar surface area (TPSA) is 84.0 Å². The van der Waals surface area contributed by atoms with E-state index in [4.69, 9.17) is 0 Å². The van der Waals surface area contributed by atoms with Crippen LogP contribution in [-0.4, -0.2) is 25.4 Å². The fraction of sp³-hybridized carbons (Fsp3) is 0.286. The minimum absolute atomic E-state index is 0.115. The minimum Gasteiger partial charge on any atom is -0.316 e. The number of aromatic nitrogens is 2. The monoisotopic (exact) mass is 306 g/mol. The lowest BCUT2D eigenvalue weighted by atomic mass is 10.2. The smallest absolute Gasteiger partial charge is 0.241 e. The molecule has 0 saturated heterocycles. The summed E-state index contributed by atoms with van der Waals surface area (Å²) in [6.45, 7) is 2.43. The number of benzene rings is 1. The van der Waals surface area contributed by atoms with E-state index in [1.54, 1.807) is 37.6 Å². The normalized spacial score (nSPS) is 11.5. The van der Waals surface area contributed by atoms with Crippen molar-refractivity contribution < 1.29 is 8.42 Å². The number of aryl methyl sites for hydroxylation is 1. The standard InChI is InChI=1S/C14H18N4O2S/c1-11-7-17-13(9-16-11)10-18-21(19,20)14-6-4-3-5-12(14)8-15-2/h3-7,9,15,18H,8,10H2,1-2H3. The van der Waals surface area contributed by atoms with E-state index < -0.39 is 10.0 Å². The maximum atomic E-state index is 12.4. The quantitative estimate of drug-likeness (QED) is 0.831. The first-order chi connectivity index (χ1) is 10.0.